The zero-order valence-electron chi connectivity index (χ0n) is 17.6. The number of carbonyl (C=O) groups is 1. The molecule has 6 rings (SSSR count). The van der Waals surface area contributed by atoms with Crippen LogP contribution < -0.4 is 9.64 Å². The van der Waals surface area contributed by atoms with Crippen LogP contribution in [0.3, 0.4) is 0 Å². The van der Waals surface area contributed by atoms with Crippen molar-refractivity contribution < 1.29 is 9.53 Å². The Morgan fingerprint density at radius 2 is 2.03 bits per heavy atom. The van der Waals surface area contributed by atoms with Crippen LogP contribution in [0.2, 0.25) is 0 Å². The molecule has 6 heteroatoms. The maximum absolute atomic E-state index is 13.9. The fraction of sp³-hybridized carbons (Fsp3) is 0.360. The lowest BCUT2D eigenvalue weighted by Crippen LogP contribution is -2.49. The Labute approximate surface area is 181 Å². The van der Waals surface area contributed by atoms with E-state index >= 15 is 0 Å². The molecule has 1 spiro atoms. The van der Waals surface area contributed by atoms with Gasteiger partial charge in [0.05, 0.1) is 19.0 Å². The molecule has 3 fully saturated rings. The summed E-state index contributed by atoms with van der Waals surface area (Å²) in [6.07, 6.45) is 4.94. The number of carbonyl (C=O) groups excluding carboxylic acids is 1. The monoisotopic (exact) mass is 414 g/mol. The Balaban J connectivity index is 1.35. The molecule has 4 heterocycles. The summed E-state index contributed by atoms with van der Waals surface area (Å²) in [7, 11) is 1.66. The molecule has 0 bridgehead atoms. The van der Waals surface area contributed by atoms with Crippen LogP contribution in [0.25, 0.3) is 11.3 Å². The molecule has 1 N–H and O–H groups in total. The summed E-state index contributed by atoms with van der Waals surface area (Å²) in [6.45, 7) is 1.72. The second-order valence-electron chi connectivity index (χ2n) is 8.85. The van der Waals surface area contributed by atoms with Gasteiger partial charge in [-0.25, -0.2) is 0 Å². The number of nitrogens with one attached hydrogen (secondary N) is 1. The van der Waals surface area contributed by atoms with Gasteiger partial charge in [0.1, 0.15) is 11.3 Å². The molecule has 31 heavy (non-hydrogen) atoms. The number of aromatic amines is 1. The highest BCUT2D eigenvalue weighted by molar-refractivity contribution is 6.04. The molecule has 1 amide bonds. The zero-order valence-corrected chi connectivity index (χ0v) is 17.6. The van der Waals surface area contributed by atoms with Gasteiger partial charge in [0.15, 0.2) is 0 Å². The summed E-state index contributed by atoms with van der Waals surface area (Å²) in [4.78, 5) is 18.3. The molecule has 3 atom stereocenters. The minimum atomic E-state index is -0.390. The van der Waals surface area contributed by atoms with E-state index in [1.807, 2.05) is 41.4 Å². The quantitative estimate of drug-likeness (QED) is 0.700. The van der Waals surface area contributed by atoms with Gasteiger partial charge in [0, 0.05) is 35.8 Å². The number of hydrogen-bond acceptors (Lipinski definition) is 4. The molecule has 0 aliphatic carbocycles. The van der Waals surface area contributed by atoms with Gasteiger partial charge in [-0.1, -0.05) is 36.4 Å². The fourth-order valence-corrected chi connectivity index (χ4v) is 6.17. The number of hydrogen-bond donors (Lipinski definition) is 1. The smallest absolute Gasteiger partial charge is 0.247 e. The molecule has 2 aromatic carbocycles. The number of aromatic nitrogens is 2. The molecule has 3 aliphatic heterocycles. The second-order valence-corrected chi connectivity index (χ2v) is 8.85. The number of nitrogens with zero attached hydrogens (tertiary/aromatic N) is 3. The molecule has 0 saturated carbocycles. The maximum atomic E-state index is 13.9. The van der Waals surface area contributed by atoms with Crippen LogP contribution in [-0.4, -0.2) is 46.7 Å². The third kappa shape index (κ3) is 2.61. The molecular weight excluding hydrogens is 388 g/mol. The van der Waals surface area contributed by atoms with E-state index < -0.39 is 0 Å². The highest BCUT2D eigenvalue weighted by Gasteiger charge is 2.65. The average Bonchev–Trinajstić information content (AvgIpc) is 3.57. The van der Waals surface area contributed by atoms with E-state index in [0.717, 1.165) is 55.0 Å². The number of amides is 1. The summed E-state index contributed by atoms with van der Waals surface area (Å²) >= 11 is 0. The van der Waals surface area contributed by atoms with Crippen molar-refractivity contribution in [1.82, 2.24) is 15.1 Å². The first-order valence-electron chi connectivity index (χ1n) is 11.0. The number of methoxy groups -OCH3 is 1. The molecule has 1 aromatic heterocycles. The van der Waals surface area contributed by atoms with Crippen molar-refractivity contribution in [2.45, 2.75) is 30.8 Å². The van der Waals surface area contributed by atoms with Crippen LogP contribution in [0.5, 0.6) is 5.75 Å². The average molecular weight is 415 g/mol. The van der Waals surface area contributed by atoms with Gasteiger partial charge in [-0.3, -0.25) is 14.8 Å². The summed E-state index contributed by atoms with van der Waals surface area (Å²) in [5, 5.41) is 7.60. The zero-order chi connectivity index (χ0) is 21.0. The topological polar surface area (TPSA) is 61.5 Å². The van der Waals surface area contributed by atoms with Gasteiger partial charge < -0.3 is 9.64 Å². The van der Waals surface area contributed by atoms with Crippen molar-refractivity contribution in [2.75, 3.05) is 25.1 Å². The minimum absolute atomic E-state index is 0.220. The lowest BCUT2D eigenvalue weighted by atomic mass is 9.85. The summed E-state index contributed by atoms with van der Waals surface area (Å²) in [6, 6.07) is 18.4. The third-order valence-electron chi connectivity index (χ3n) is 7.50. The Hall–Kier alpha value is -3.12. The molecule has 3 aromatic rings. The first-order chi connectivity index (χ1) is 15.2. The van der Waals surface area contributed by atoms with Crippen LogP contribution >= 0.6 is 0 Å². The van der Waals surface area contributed by atoms with Crippen molar-refractivity contribution in [3.05, 3.63) is 66.4 Å². The van der Waals surface area contributed by atoms with Crippen molar-refractivity contribution in [2.24, 2.45) is 5.92 Å². The Morgan fingerprint density at radius 1 is 1.16 bits per heavy atom. The van der Waals surface area contributed by atoms with E-state index in [-0.39, 0.29) is 17.5 Å². The predicted molar refractivity (Wildman–Crippen MR) is 119 cm³/mol. The van der Waals surface area contributed by atoms with Crippen molar-refractivity contribution in [3.63, 3.8) is 0 Å². The van der Waals surface area contributed by atoms with Crippen LogP contribution in [0.15, 0.2) is 60.8 Å². The highest BCUT2D eigenvalue weighted by Crippen LogP contribution is 2.57. The van der Waals surface area contributed by atoms with E-state index in [9.17, 15) is 4.79 Å². The van der Waals surface area contributed by atoms with Crippen molar-refractivity contribution >= 4 is 11.6 Å². The number of benzene rings is 2. The number of rotatable bonds is 4. The van der Waals surface area contributed by atoms with Gasteiger partial charge in [-0.05, 0) is 43.5 Å². The summed E-state index contributed by atoms with van der Waals surface area (Å²) in [5.41, 5.74) is 3.97. The normalized spacial score (nSPS) is 27.5. The maximum Gasteiger partial charge on any atom is 0.247 e. The first-order valence-corrected chi connectivity index (χ1v) is 11.0. The van der Waals surface area contributed by atoms with Crippen LogP contribution in [0.4, 0.5) is 5.69 Å². The van der Waals surface area contributed by atoms with E-state index in [2.05, 4.69) is 39.4 Å². The third-order valence-corrected chi connectivity index (χ3v) is 7.50. The van der Waals surface area contributed by atoms with Crippen LogP contribution in [0.1, 0.15) is 30.9 Å². The molecule has 3 aliphatic rings. The molecule has 0 radical (unpaired) electrons. The number of H-pyrrole nitrogens is 1. The van der Waals surface area contributed by atoms with Crippen molar-refractivity contribution in [3.8, 4) is 17.0 Å². The van der Waals surface area contributed by atoms with Gasteiger partial charge in [0.25, 0.3) is 0 Å². The van der Waals surface area contributed by atoms with Gasteiger partial charge in [-0.2, -0.15) is 5.10 Å². The van der Waals surface area contributed by atoms with E-state index in [0.29, 0.717) is 5.92 Å². The van der Waals surface area contributed by atoms with Crippen LogP contribution in [-0.2, 0) is 4.79 Å². The van der Waals surface area contributed by atoms with Crippen LogP contribution in [0, 0.1) is 5.92 Å². The molecule has 158 valence electrons. The lowest BCUT2D eigenvalue weighted by Gasteiger charge is -2.33. The minimum Gasteiger partial charge on any atom is -0.497 e. The summed E-state index contributed by atoms with van der Waals surface area (Å²) in [5.74, 6) is 1.35. The molecule has 0 unspecified atom stereocenters. The fourth-order valence-electron chi connectivity index (χ4n) is 6.17. The van der Waals surface area contributed by atoms with E-state index in [1.165, 1.54) is 5.56 Å². The standard InChI is InChI=1S/C25H26N4O2/c1-31-20-10-5-9-19(14-20)28-16-18-13-22(29-12-6-11-25(18,29)24(28)30)21-15-26-27-23(21)17-7-3-2-4-8-17/h2-5,7-10,14-15,18,22H,6,11-13,16H2,1H3,(H,26,27)/t18-,22-,25-/m0/s1. The molecule has 6 nitrogen and oxygen atoms in total. The summed E-state index contributed by atoms with van der Waals surface area (Å²) < 4.78 is 5.39. The van der Waals surface area contributed by atoms with Gasteiger partial charge in [0.2, 0.25) is 5.91 Å². The Kier molecular flexibility index (Phi) is 4.18. The first kappa shape index (κ1) is 18.6. The highest BCUT2D eigenvalue weighted by atomic mass is 16.5. The van der Waals surface area contributed by atoms with E-state index in [4.69, 9.17) is 4.74 Å². The number of anilines is 1. The van der Waals surface area contributed by atoms with Gasteiger partial charge >= 0.3 is 0 Å². The second kappa shape index (κ2) is 6.95. The molecular formula is C25H26N4O2. The van der Waals surface area contributed by atoms with Crippen molar-refractivity contribution in [1.29, 1.82) is 0 Å². The van der Waals surface area contributed by atoms with E-state index in [1.54, 1.807) is 7.11 Å². The Morgan fingerprint density at radius 3 is 2.87 bits per heavy atom. The Bertz CT molecular complexity index is 1130. The largest absolute Gasteiger partial charge is 0.497 e. The number of ether oxygens (including phenoxy) is 1. The predicted octanol–water partition coefficient (Wildman–Crippen LogP) is 4.03. The van der Waals surface area contributed by atoms with Gasteiger partial charge in [-0.15, -0.1) is 0 Å². The SMILES string of the molecule is COc1cccc(N2C[C@@H]3C[C@@H](c4cn[nH]c4-c4ccccc4)N4CCC[C@@]34C2=O)c1. The molecule has 3 saturated heterocycles. The lowest BCUT2D eigenvalue weighted by molar-refractivity contribution is -0.126.